The number of anilines is 3. The topological polar surface area (TPSA) is 108 Å². The molecule has 1 saturated carbocycles. The minimum absolute atomic E-state index is 0.0425. The molecular formula is C37H48N6O3. The van der Waals surface area contributed by atoms with Gasteiger partial charge in [0, 0.05) is 67.0 Å². The van der Waals surface area contributed by atoms with Gasteiger partial charge in [0.15, 0.2) is 0 Å². The number of amides is 2. The molecule has 5 rings (SSSR count). The van der Waals surface area contributed by atoms with Crippen molar-refractivity contribution in [3.05, 3.63) is 90.0 Å². The molecule has 1 aliphatic heterocycles. The highest BCUT2D eigenvalue weighted by Crippen LogP contribution is 2.38. The summed E-state index contributed by atoms with van der Waals surface area (Å²) in [5.41, 5.74) is 4.78. The Labute approximate surface area is 273 Å². The quantitative estimate of drug-likeness (QED) is 0.195. The molecule has 2 amide bonds. The second-order valence-electron chi connectivity index (χ2n) is 12.0. The van der Waals surface area contributed by atoms with Gasteiger partial charge in [0.2, 0.25) is 5.91 Å². The molecule has 46 heavy (non-hydrogen) atoms. The first-order valence-corrected chi connectivity index (χ1v) is 16.3. The van der Waals surface area contributed by atoms with E-state index in [1.165, 1.54) is 6.20 Å². The largest absolute Gasteiger partial charge is 0.494 e. The van der Waals surface area contributed by atoms with Crippen LogP contribution in [-0.4, -0.2) is 53.4 Å². The molecule has 9 nitrogen and oxygen atoms in total. The fraction of sp³-hybridized carbons (Fsp3) is 0.405. The number of ether oxygens (including phenoxy) is 1. The second-order valence-corrected chi connectivity index (χ2v) is 12.0. The van der Waals surface area contributed by atoms with Crippen LogP contribution < -0.4 is 20.7 Å². The lowest BCUT2D eigenvalue weighted by Gasteiger charge is -2.33. The maximum Gasteiger partial charge on any atom is 0.254 e. The second kappa shape index (κ2) is 16.6. The zero-order valence-electron chi connectivity index (χ0n) is 28.0. The Morgan fingerprint density at radius 1 is 1.07 bits per heavy atom. The van der Waals surface area contributed by atoms with Gasteiger partial charge in [-0.25, -0.2) is 4.98 Å². The third-order valence-corrected chi connectivity index (χ3v) is 8.07. The molecule has 9 heteroatoms. The Morgan fingerprint density at radius 2 is 1.87 bits per heavy atom. The van der Waals surface area contributed by atoms with Crippen LogP contribution >= 0.6 is 0 Å². The first kappa shape index (κ1) is 34.2. The van der Waals surface area contributed by atoms with E-state index in [9.17, 15) is 9.59 Å². The summed E-state index contributed by atoms with van der Waals surface area (Å²) >= 11 is 0. The summed E-state index contributed by atoms with van der Waals surface area (Å²) in [6, 6.07) is 14.0. The monoisotopic (exact) mass is 624 g/mol. The van der Waals surface area contributed by atoms with Gasteiger partial charge >= 0.3 is 0 Å². The Balaban J connectivity index is 0.000000523. The molecule has 2 aromatic heterocycles. The number of methoxy groups -OCH3 is 1. The molecule has 1 unspecified atom stereocenters. The summed E-state index contributed by atoms with van der Waals surface area (Å²) in [7, 11) is 3.22. The van der Waals surface area contributed by atoms with Gasteiger partial charge in [-0.2, -0.15) is 0 Å². The van der Waals surface area contributed by atoms with Crippen molar-refractivity contribution in [2.24, 2.45) is 11.8 Å². The van der Waals surface area contributed by atoms with E-state index in [2.05, 4.69) is 76.9 Å². The summed E-state index contributed by atoms with van der Waals surface area (Å²) < 4.78 is 5.91. The number of aryl methyl sites for hydroxylation is 1. The average molecular weight is 625 g/mol. The number of hydrogen-bond donors (Lipinski definition) is 3. The lowest BCUT2D eigenvalue weighted by atomic mass is 9.97. The van der Waals surface area contributed by atoms with Crippen LogP contribution in [0.3, 0.4) is 0 Å². The molecule has 0 spiro atoms. The smallest absolute Gasteiger partial charge is 0.254 e. The standard InChI is InChI=1S/C30H39N5O3.C7H9N/c1-6-22(15-19(2)3)35-14-8-9-21(18-35)23-10-7-11-25(28(23)38-5)33-26-16-27(34-29(36)20-12-13-20)32-17-24(26)30(37)31-4;1-2-7-5-3-4-6-8-7/h7-11,16-20,22H,6,12-15H2,1-5H3,(H,31,37)(H2,32,33,34,36);3-6H,2H2,1H3. The van der Waals surface area contributed by atoms with Crippen molar-refractivity contribution < 1.29 is 14.3 Å². The fourth-order valence-corrected chi connectivity index (χ4v) is 5.42. The Kier molecular flexibility index (Phi) is 12.3. The number of aromatic nitrogens is 2. The first-order chi connectivity index (χ1) is 22.3. The predicted molar refractivity (Wildman–Crippen MR) is 186 cm³/mol. The number of carbonyl (C=O) groups is 2. The van der Waals surface area contributed by atoms with Crippen LogP contribution in [0, 0.1) is 11.8 Å². The van der Waals surface area contributed by atoms with Crippen molar-refractivity contribution in [2.75, 3.05) is 31.3 Å². The minimum Gasteiger partial charge on any atom is -0.494 e. The predicted octanol–water partition coefficient (Wildman–Crippen LogP) is 7.22. The van der Waals surface area contributed by atoms with Gasteiger partial charge in [0.05, 0.1) is 24.0 Å². The Hall–Kier alpha value is -4.66. The number of para-hydroxylation sites is 1. The highest BCUT2D eigenvalue weighted by Gasteiger charge is 2.30. The fourth-order valence-electron chi connectivity index (χ4n) is 5.42. The van der Waals surface area contributed by atoms with Crippen molar-refractivity contribution in [3.8, 4) is 5.75 Å². The number of allylic oxidation sites excluding steroid dienone is 2. The van der Waals surface area contributed by atoms with Crippen LogP contribution in [0.1, 0.15) is 75.0 Å². The van der Waals surface area contributed by atoms with E-state index in [0.29, 0.717) is 40.5 Å². The van der Waals surface area contributed by atoms with Gasteiger partial charge in [-0.1, -0.05) is 58.0 Å². The number of benzene rings is 1. The van der Waals surface area contributed by atoms with E-state index in [-0.39, 0.29) is 17.7 Å². The number of rotatable bonds is 12. The van der Waals surface area contributed by atoms with Gasteiger partial charge in [-0.05, 0) is 56.2 Å². The maximum absolute atomic E-state index is 12.6. The van der Waals surface area contributed by atoms with Crippen LogP contribution in [0.4, 0.5) is 17.2 Å². The normalized spacial score (nSPS) is 14.5. The van der Waals surface area contributed by atoms with Crippen molar-refractivity contribution in [3.63, 3.8) is 0 Å². The molecule has 3 N–H and O–H groups in total. The highest BCUT2D eigenvalue weighted by atomic mass is 16.5. The van der Waals surface area contributed by atoms with E-state index in [1.807, 2.05) is 42.6 Å². The SMILES string of the molecule is CCC(CC(C)C)N1C=C(c2cccc(Nc3cc(NC(=O)C4CC4)ncc3C(=O)NC)c2OC)C=CC1.CCc1ccccn1. The first-order valence-electron chi connectivity index (χ1n) is 16.3. The lowest BCUT2D eigenvalue weighted by molar-refractivity contribution is -0.117. The van der Waals surface area contributed by atoms with Gasteiger partial charge in [0.25, 0.3) is 5.91 Å². The van der Waals surface area contributed by atoms with Crippen LogP contribution in [0.15, 0.2) is 73.2 Å². The lowest BCUT2D eigenvalue weighted by Crippen LogP contribution is -2.33. The molecule has 3 heterocycles. The molecular weight excluding hydrogens is 576 g/mol. The number of hydrogen-bond acceptors (Lipinski definition) is 7. The van der Waals surface area contributed by atoms with Crippen LogP contribution in [-0.2, 0) is 11.2 Å². The highest BCUT2D eigenvalue weighted by molar-refractivity contribution is 6.01. The molecule has 1 aliphatic carbocycles. The zero-order chi connectivity index (χ0) is 33.1. The van der Waals surface area contributed by atoms with E-state index in [4.69, 9.17) is 4.74 Å². The van der Waals surface area contributed by atoms with E-state index < -0.39 is 0 Å². The molecule has 244 valence electrons. The van der Waals surface area contributed by atoms with Gasteiger partial charge in [-0.15, -0.1) is 0 Å². The van der Waals surface area contributed by atoms with E-state index in [1.54, 1.807) is 20.2 Å². The van der Waals surface area contributed by atoms with Crippen molar-refractivity contribution in [1.29, 1.82) is 0 Å². The molecule has 1 fully saturated rings. The summed E-state index contributed by atoms with van der Waals surface area (Å²) in [5, 5.41) is 8.90. The Bertz CT molecular complexity index is 1530. The molecule has 3 aromatic rings. The van der Waals surface area contributed by atoms with Crippen molar-refractivity contribution in [1.82, 2.24) is 20.2 Å². The third-order valence-electron chi connectivity index (χ3n) is 8.07. The molecule has 0 saturated heterocycles. The molecule has 1 aromatic carbocycles. The molecule has 0 radical (unpaired) electrons. The van der Waals surface area contributed by atoms with Crippen LogP contribution in [0.2, 0.25) is 0 Å². The van der Waals surface area contributed by atoms with E-state index in [0.717, 1.165) is 55.5 Å². The summed E-state index contributed by atoms with van der Waals surface area (Å²) in [4.78, 5) is 35.7. The van der Waals surface area contributed by atoms with Gasteiger partial charge in [-0.3, -0.25) is 14.6 Å². The average Bonchev–Trinajstić information content (AvgIpc) is 3.94. The van der Waals surface area contributed by atoms with Gasteiger partial charge in [0.1, 0.15) is 11.6 Å². The van der Waals surface area contributed by atoms with Gasteiger partial charge < -0.3 is 25.6 Å². The molecule has 1 atom stereocenters. The van der Waals surface area contributed by atoms with Crippen LogP contribution in [0.25, 0.3) is 5.57 Å². The van der Waals surface area contributed by atoms with E-state index >= 15 is 0 Å². The number of carbonyl (C=O) groups excluding carboxylic acids is 2. The minimum atomic E-state index is -0.278. The number of nitrogens with zero attached hydrogens (tertiary/aromatic N) is 3. The number of nitrogens with one attached hydrogen (secondary N) is 3. The summed E-state index contributed by atoms with van der Waals surface area (Å²) in [6.45, 7) is 9.75. The zero-order valence-corrected chi connectivity index (χ0v) is 28.0. The Morgan fingerprint density at radius 3 is 2.48 bits per heavy atom. The summed E-state index contributed by atoms with van der Waals surface area (Å²) in [6.07, 6.45) is 14.9. The maximum atomic E-state index is 12.6. The molecule has 0 bridgehead atoms. The molecule has 2 aliphatic rings. The van der Waals surface area contributed by atoms with Crippen molar-refractivity contribution >= 4 is 34.6 Å². The van der Waals surface area contributed by atoms with Crippen LogP contribution in [0.5, 0.6) is 5.75 Å². The van der Waals surface area contributed by atoms with Crippen molar-refractivity contribution in [2.45, 2.75) is 65.8 Å². The third kappa shape index (κ3) is 9.19. The number of pyridine rings is 2. The summed E-state index contributed by atoms with van der Waals surface area (Å²) in [5.74, 6) is 1.42.